The minimum Gasteiger partial charge on any atom is -0.327 e. The molecule has 0 bridgehead atoms. The molecule has 0 heterocycles. The van der Waals surface area contributed by atoms with Crippen molar-refractivity contribution in [2.75, 3.05) is 0 Å². The minimum atomic E-state index is 0.179. The number of rotatable bonds is 0. The molecule has 0 radical (unpaired) electrons. The number of alkyl halides is 1. The molecule has 0 fully saturated rings. The summed E-state index contributed by atoms with van der Waals surface area (Å²) in [4.78, 5) is 0. The fourth-order valence-corrected chi connectivity index (χ4v) is 1.20. The molecular formula is C6H10ClN. The number of allylic oxidation sites excluding steroid dienone is 1. The summed E-state index contributed by atoms with van der Waals surface area (Å²) in [7, 11) is 0. The van der Waals surface area contributed by atoms with E-state index >= 15 is 0 Å². The van der Waals surface area contributed by atoms with Crippen LogP contribution >= 0.6 is 11.6 Å². The van der Waals surface area contributed by atoms with Gasteiger partial charge in [-0.15, -0.1) is 11.6 Å². The molecule has 0 spiro atoms. The molecule has 0 aromatic rings. The van der Waals surface area contributed by atoms with Crippen molar-refractivity contribution in [3.05, 3.63) is 12.2 Å². The first-order chi connectivity index (χ1) is 3.79. The molecule has 0 saturated carbocycles. The van der Waals surface area contributed by atoms with Gasteiger partial charge in [0.25, 0.3) is 0 Å². The fourth-order valence-electron chi connectivity index (χ4n) is 0.865. The smallest absolute Gasteiger partial charge is 0.0530 e. The topological polar surface area (TPSA) is 26.0 Å². The van der Waals surface area contributed by atoms with E-state index in [0.29, 0.717) is 6.04 Å². The lowest BCUT2D eigenvalue weighted by molar-refractivity contribution is 0.611. The third-order valence-corrected chi connectivity index (χ3v) is 1.64. The summed E-state index contributed by atoms with van der Waals surface area (Å²) >= 11 is 5.74. The summed E-state index contributed by atoms with van der Waals surface area (Å²) < 4.78 is 0. The maximum absolute atomic E-state index is 5.74. The second-order valence-corrected chi connectivity index (χ2v) is 2.74. The molecule has 1 aliphatic rings. The highest BCUT2D eigenvalue weighted by Crippen LogP contribution is 2.14. The average Bonchev–Trinajstić information content (AvgIpc) is 1.64. The van der Waals surface area contributed by atoms with Gasteiger partial charge in [-0.2, -0.15) is 0 Å². The van der Waals surface area contributed by atoms with E-state index in [0.717, 1.165) is 12.8 Å². The van der Waals surface area contributed by atoms with Crippen molar-refractivity contribution in [2.24, 2.45) is 5.73 Å². The minimum absolute atomic E-state index is 0.179. The van der Waals surface area contributed by atoms with Gasteiger partial charge in [0, 0.05) is 6.04 Å². The first-order valence-electron chi connectivity index (χ1n) is 2.85. The molecule has 46 valence electrons. The lowest BCUT2D eigenvalue weighted by Crippen LogP contribution is -2.25. The predicted molar refractivity (Wildman–Crippen MR) is 36.0 cm³/mol. The Morgan fingerprint density at radius 2 is 2.38 bits per heavy atom. The van der Waals surface area contributed by atoms with Crippen LogP contribution in [-0.2, 0) is 0 Å². The van der Waals surface area contributed by atoms with Crippen molar-refractivity contribution in [1.29, 1.82) is 0 Å². The lowest BCUT2D eigenvalue weighted by atomic mass is 10.0. The lowest BCUT2D eigenvalue weighted by Gasteiger charge is -2.15. The maximum Gasteiger partial charge on any atom is 0.0530 e. The summed E-state index contributed by atoms with van der Waals surface area (Å²) in [5, 5.41) is 0.179. The van der Waals surface area contributed by atoms with E-state index in [2.05, 4.69) is 0 Å². The molecule has 2 heteroatoms. The predicted octanol–water partition coefficient (Wildman–Crippen LogP) is 1.27. The zero-order valence-electron chi connectivity index (χ0n) is 4.68. The highest BCUT2D eigenvalue weighted by molar-refractivity contribution is 6.21. The largest absolute Gasteiger partial charge is 0.327 e. The van der Waals surface area contributed by atoms with E-state index in [1.807, 2.05) is 12.2 Å². The third kappa shape index (κ3) is 1.49. The second-order valence-electron chi connectivity index (χ2n) is 2.18. The molecule has 1 aliphatic carbocycles. The van der Waals surface area contributed by atoms with Crippen LogP contribution in [0.4, 0.5) is 0 Å². The molecular weight excluding hydrogens is 122 g/mol. The van der Waals surface area contributed by atoms with Crippen molar-refractivity contribution in [2.45, 2.75) is 24.3 Å². The Bertz CT molecular complexity index is 101. The van der Waals surface area contributed by atoms with E-state index in [9.17, 15) is 0 Å². The average molecular weight is 132 g/mol. The summed E-state index contributed by atoms with van der Waals surface area (Å²) in [6.07, 6.45) is 5.97. The van der Waals surface area contributed by atoms with E-state index < -0.39 is 0 Å². The molecule has 0 aromatic heterocycles. The van der Waals surface area contributed by atoms with Crippen LogP contribution in [0.1, 0.15) is 12.8 Å². The fraction of sp³-hybridized carbons (Fsp3) is 0.667. The van der Waals surface area contributed by atoms with Crippen LogP contribution in [0, 0.1) is 0 Å². The Morgan fingerprint density at radius 3 is 2.75 bits per heavy atom. The van der Waals surface area contributed by atoms with Gasteiger partial charge in [0.15, 0.2) is 0 Å². The Kier molecular flexibility index (Phi) is 1.92. The summed E-state index contributed by atoms with van der Waals surface area (Å²) in [5.74, 6) is 0. The molecule has 1 rings (SSSR count). The molecule has 0 saturated heterocycles. The number of hydrogen-bond donors (Lipinski definition) is 1. The van der Waals surface area contributed by atoms with Crippen molar-refractivity contribution in [3.8, 4) is 0 Å². The van der Waals surface area contributed by atoms with Crippen LogP contribution < -0.4 is 5.73 Å². The summed E-state index contributed by atoms with van der Waals surface area (Å²) in [5.41, 5.74) is 5.59. The number of hydrogen-bond acceptors (Lipinski definition) is 1. The highest BCUT2D eigenvalue weighted by Gasteiger charge is 2.10. The quantitative estimate of drug-likeness (QED) is 0.389. The van der Waals surface area contributed by atoms with Crippen LogP contribution in [0.15, 0.2) is 12.2 Å². The molecule has 8 heavy (non-hydrogen) atoms. The van der Waals surface area contributed by atoms with E-state index in [1.165, 1.54) is 0 Å². The molecule has 2 N–H and O–H groups in total. The van der Waals surface area contributed by atoms with Crippen LogP contribution in [-0.4, -0.2) is 11.4 Å². The van der Waals surface area contributed by atoms with Gasteiger partial charge in [-0.05, 0) is 12.8 Å². The first-order valence-corrected chi connectivity index (χ1v) is 3.29. The van der Waals surface area contributed by atoms with Crippen molar-refractivity contribution in [1.82, 2.24) is 0 Å². The zero-order chi connectivity index (χ0) is 5.98. The Labute approximate surface area is 54.5 Å². The van der Waals surface area contributed by atoms with E-state index in [-0.39, 0.29) is 5.38 Å². The third-order valence-electron chi connectivity index (χ3n) is 1.31. The van der Waals surface area contributed by atoms with Gasteiger partial charge in [0.2, 0.25) is 0 Å². The van der Waals surface area contributed by atoms with Gasteiger partial charge in [-0.25, -0.2) is 0 Å². The van der Waals surface area contributed by atoms with Gasteiger partial charge in [-0.3, -0.25) is 0 Å². The maximum atomic E-state index is 5.74. The molecule has 0 amide bonds. The molecule has 0 aromatic carbocycles. The van der Waals surface area contributed by atoms with Gasteiger partial charge in [0.1, 0.15) is 0 Å². The standard InChI is InChI=1S/C6H10ClN/c7-5-2-1-3-6(8)4-5/h1-2,5-6H,3-4,8H2. The monoisotopic (exact) mass is 131 g/mol. The number of halogens is 1. The summed E-state index contributed by atoms with van der Waals surface area (Å²) in [6, 6.07) is 0.294. The number of nitrogens with two attached hydrogens (primary N) is 1. The summed E-state index contributed by atoms with van der Waals surface area (Å²) in [6.45, 7) is 0. The van der Waals surface area contributed by atoms with Crippen LogP contribution in [0.2, 0.25) is 0 Å². The van der Waals surface area contributed by atoms with E-state index in [1.54, 1.807) is 0 Å². The van der Waals surface area contributed by atoms with E-state index in [4.69, 9.17) is 17.3 Å². The SMILES string of the molecule is NC1CC=CC(Cl)C1. The first kappa shape index (κ1) is 6.12. The van der Waals surface area contributed by atoms with Crippen molar-refractivity contribution >= 4 is 11.6 Å². The van der Waals surface area contributed by atoms with Gasteiger partial charge >= 0.3 is 0 Å². The van der Waals surface area contributed by atoms with Gasteiger partial charge in [0.05, 0.1) is 5.38 Å². The normalized spacial score (nSPS) is 37.8. The Morgan fingerprint density at radius 1 is 1.62 bits per heavy atom. The molecule has 0 aliphatic heterocycles. The van der Waals surface area contributed by atoms with Gasteiger partial charge < -0.3 is 5.73 Å². The second kappa shape index (κ2) is 2.51. The van der Waals surface area contributed by atoms with Crippen LogP contribution in [0.3, 0.4) is 0 Å². The highest BCUT2D eigenvalue weighted by atomic mass is 35.5. The van der Waals surface area contributed by atoms with Crippen LogP contribution in [0.25, 0.3) is 0 Å². The molecule has 2 unspecified atom stereocenters. The Hall–Kier alpha value is -0.0100. The van der Waals surface area contributed by atoms with Crippen molar-refractivity contribution < 1.29 is 0 Å². The Balaban J connectivity index is 2.42. The molecule has 2 atom stereocenters. The van der Waals surface area contributed by atoms with Crippen LogP contribution in [0.5, 0.6) is 0 Å². The molecule has 1 nitrogen and oxygen atoms in total. The zero-order valence-corrected chi connectivity index (χ0v) is 5.43. The van der Waals surface area contributed by atoms with Crippen molar-refractivity contribution in [3.63, 3.8) is 0 Å². The van der Waals surface area contributed by atoms with Gasteiger partial charge in [-0.1, -0.05) is 12.2 Å².